The number of rotatable bonds is 6. The molecule has 6 nitrogen and oxygen atoms in total. The number of thiophene rings is 1. The predicted octanol–water partition coefficient (Wildman–Crippen LogP) is 3.86. The van der Waals surface area contributed by atoms with Gasteiger partial charge in [-0.25, -0.2) is 4.98 Å². The number of amides is 2. The lowest BCUT2D eigenvalue weighted by molar-refractivity contribution is 0.101. The van der Waals surface area contributed by atoms with Crippen molar-refractivity contribution in [2.45, 2.75) is 6.61 Å². The van der Waals surface area contributed by atoms with Crippen LogP contribution in [0.15, 0.2) is 47.2 Å². The molecule has 0 aliphatic heterocycles. The van der Waals surface area contributed by atoms with Crippen LogP contribution in [0.1, 0.15) is 25.2 Å². The van der Waals surface area contributed by atoms with Crippen LogP contribution in [-0.4, -0.2) is 23.9 Å². The van der Waals surface area contributed by atoms with Gasteiger partial charge in [0.25, 0.3) is 11.8 Å². The fourth-order valence-electron chi connectivity index (χ4n) is 2.08. The molecular formula is C17H15N3O3S2. The topological polar surface area (TPSA) is 80.3 Å². The van der Waals surface area contributed by atoms with Gasteiger partial charge in [0.2, 0.25) is 0 Å². The van der Waals surface area contributed by atoms with Crippen LogP contribution in [-0.2, 0) is 11.3 Å². The Labute approximate surface area is 152 Å². The molecule has 0 atom stereocenters. The molecule has 0 saturated carbocycles. The number of anilines is 2. The summed E-state index contributed by atoms with van der Waals surface area (Å²) in [5, 5.41) is 9.86. The van der Waals surface area contributed by atoms with Crippen LogP contribution in [0.3, 0.4) is 0 Å². The van der Waals surface area contributed by atoms with Crippen LogP contribution in [0.2, 0.25) is 0 Å². The van der Waals surface area contributed by atoms with E-state index < -0.39 is 0 Å². The minimum Gasteiger partial charge on any atom is -0.378 e. The van der Waals surface area contributed by atoms with Crippen molar-refractivity contribution in [3.8, 4) is 0 Å². The Morgan fingerprint density at radius 2 is 1.84 bits per heavy atom. The second kappa shape index (κ2) is 8.02. The molecule has 0 aliphatic rings. The van der Waals surface area contributed by atoms with Gasteiger partial charge < -0.3 is 15.4 Å². The second-order valence-corrected chi connectivity index (χ2v) is 6.92. The third-order valence-corrected chi connectivity index (χ3v) is 4.87. The first-order valence-electron chi connectivity index (χ1n) is 7.35. The van der Waals surface area contributed by atoms with E-state index in [1.54, 1.807) is 42.8 Å². The van der Waals surface area contributed by atoms with Crippen LogP contribution in [0.5, 0.6) is 0 Å². The number of ether oxygens (including phenoxy) is 1. The molecular weight excluding hydrogens is 358 g/mol. The Morgan fingerprint density at radius 1 is 1.08 bits per heavy atom. The van der Waals surface area contributed by atoms with Crippen molar-refractivity contribution in [2.75, 3.05) is 17.7 Å². The Bertz CT molecular complexity index is 875. The first kappa shape index (κ1) is 17.3. The summed E-state index contributed by atoms with van der Waals surface area (Å²) in [6.45, 7) is 0.377. The monoisotopic (exact) mass is 373 g/mol. The maximum Gasteiger partial charge on any atom is 0.275 e. The third-order valence-electron chi connectivity index (χ3n) is 3.18. The van der Waals surface area contributed by atoms with Crippen molar-refractivity contribution < 1.29 is 14.3 Å². The highest BCUT2D eigenvalue weighted by Crippen LogP contribution is 2.19. The van der Waals surface area contributed by atoms with E-state index in [-0.39, 0.29) is 11.8 Å². The van der Waals surface area contributed by atoms with Crippen molar-refractivity contribution in [1.82, 2.24) is 4.98 Å². The van der Waals surface area contributed by atoms with Crippen molar-refractivity contribution in [1.29, 1.82) is 0 Å². The number of benzene rings is 1. The van der Waals surface area contributed by atoms with Gasteiger partial charge in [-0.05, 0) is 29.6 Å². The largest absolute Gasteiger partial charge is 0.378 e. The van der Waals surface area contributed by atoms with Crippen LogP contribution in [0, 0.1) is 0 Å². The maximum absolute atomic E-state index is 12.3. The smallest absolute Gasteiger partial charge is 0.275 e. The van der Waals surface area contributed by atoms with Gasteiger partial charge in [0.05, 0.1) is 11.5 Å². The number of aromatic nitrogens is 1. The zero-order valence-electron chi connectivity index (χ0n) is 13.3. The van der Waals surface area contributed by atoms with E-state index in [0.717, 1.165) is 5.01 Å². The third kappa shape index (κ3) is 4.50. The van der Waals surface area contributed by atoms with Crippen molar-refractivity contribution >= 4 is 45.9 Å². The molecule has 3 aromatic rings. The number of nitrogens with zero attached hydrogens (tertiary/aromatic N) is 1. The summed E-state index contributed by atoms with van der Waals surface area (Å²) in [4.78, 5) is 29.2. The van der Waals surface area contributed by atoms with Crippen LogP contribution in [0.4, 0.5) is 11.4 Å². The van der Waals surface area contributed by atoms with Crippen LogP contribution >= 0.6 is 22.7 Å². The molecule has 128 valence electrons. The van der Waals surface area contributed by atoms with Gasteiger partial charge in [-0.3, -0.25) is 9.59 Å². The highest BCUT2D eigenvalue weighted by molar-refractivity contribution is 7.12. The van der Waals surface area contributed by atoms with Gasteiger partial charge >= 0.3 is 0 Å². The Morgan fingerprint density at radius 3 is 2.52 bits per heavy atom. The lowest BCUT2D eigenvalue weighted by Gasteiger charge is -2.07. The molecule has 8 heteroatoms. The van der Waals surface area contributed by atoms with E-state index >= 15 is 0 Å². The molecule has 2 amide bonds. The molecule has 2 aromatic heterocycles. The molecule has 3 rings (SSSR count). The average Bonchev–Trinajstić information content (AvgIpc) is 3.27. The molecule has 0 spiro atoms. The highest BCUT2D eigenvalue weighted by atomic mass is 32.1. The lowest BCUT2D eigenvalue weighted by atomic mass is 10.2. The summed E-state index contributed by atoms with van der Waals surface area (Å²) in [5.41, 5.74) is 1.52. The fraction of sp³-hybridized carbons (Fsp3) is 0.118. The molecule has 25 heavy (non-hydrogen) atoms. The number of methoxy groups -OCH3 is 1. The average molecular weight is 373 g/mol. The quantitative estimate of drug-likeness (QED) is 0.688. The van der Waals surface area contributed by atoms with E-state index in [1.807, 2.05) is 11.4 Å². The summed E-state index contributed by atoms with van der Waals surface area (Å²) in [7, 11) is 1.58. The zero-order chi connectivity index (χ0) is 17.6. The molecule has 0 saturated heterocycles. The number of hydrogen-bond acceptors (Lipinski definition) is 6. The van der Waals surface area contributed by atoms with E-state index in [0.29, 0.717) is 28.6 Å². The van der Waals surface area contributed by atoms with Crippen molar-refractivity contribution in [2.24, 2.45) is 0 Å². The summed E-state index contributed by atoms with van der Waals surface area (Å²) in [6.07, 6.45) is 0. The Balaban J connectivity index is 1.66. The normalized spacial score (nSPS) is 10.4. The minimum absolute atomic E-state index is 0.179. The standard InChI is InChI=1S/C17H15N3O3S2/c1-23-9-15-20-13(10-25-15)16(21)18-11-4-2-5-12(8-11)19-17(22)14-6-3-7-24-14/h2-8,10H,9H2,1H3,(H,18,21)(H,19,22). The zero-order valence-corrected chi connectivity index (χ0v) is 14.9. The van der Waals surface area contributed by atoms with Gasteiger partial charge in [0, 0.05) is 23.9 Å². The summed E-state index contributed by atoms with van der Waals surface area (Å²) >= 11 is 2.74. The summed E-state index contributed by atoms with van der Waals surface area (Å²) in [5.74, 6) is -0.484. The molecule has 0 unspecified atom stereocenters. The molecule has 0 radical (unpaired) electrons. The summed E-state index contributed by atoms with van der Waals surface area (Å²) in [6, 6.07) is 10.6. The Hall–Kier alpha value is -2.55. The Kier molecular flexibility index (Phi) is 5.54. The first-order valence-corrected chi connectivity index (χ1v) is 9.11. The number of nitrogens with one attached hydrogen (secondary N) is 2. The molecule has 0 bridgehead atoms. The van der Waals surface area contributed by atoms with Gasteiger partial charge in [-0.2, -0.15) is 0 Å². The van der Waals surface area contributed by atoms with E-state index in [2.05, 4.69) is 15.6 Å². The van der Waals surface area contributed by atoms with E-state index in [9.17, 15) is 9.59 Å². The number of carbonyl (C=O) groups is 2. The molecule has 0 fully saturated rings. The van der Waals surface area contributed by atoms with Gasteiger partial charge in [0.15, 0.2) is 0 Å². The SMILES string of the molecule is COCc1nc(C(=O)Nc2cccc(NC(=O)c3cccs3)c2)cs1. The van der Waals surface area contributed by atoms with Crippen LogP contribution in [0.25, 0.3) is 0 Å². The second-order valence-electron chi connectivity index (χ2n) is 5.03. The number of hydrogen-bond donors (Lipinski definition) is 2. The van der Waals surface area contributed by atoms with Crippen molar-refractivity contribution in [3.63, 3.8) is 0 Å². The van der Waals surface area contributed by atoms with Crippen LogP contribution < -0.4 is 10.6 Å². The summed E-state index contributed by atoms with van der Waals surface area (Å²) < 4.78 is 5.00. The lowest BCUT2D eigenvalue weighted by Crippen LogP contribution is -2.13. The predicted molar refractivity (Wildman–Crippen MR) is 99.5 cm³/mol. The first-order chi connectivity index (χ1) is 12.2. The molecule has 2 heterocycles. The number of carbonyl (C=O) groups excluding carboxylic acids is 2. The maximum atomic E-state index is 12.3. The number of thiazole rings is 1. The van der Waals surface area contributed by atoms with E-state index in [4.69, 9.17) is 4.74 Å². The highest BCUT2D eigenvalue weighted by Gasteiger charge is 2.12. The van der Waals surface area contributed by atoms with Gasteiger partial charge in [0.1, 0.15) is 10.7 Å². The fourth-order valence-corrected chi connectivity index (χ4v) is 3.44. The van der Waals surface area contributed by atoms with E-state index in [1.165, 1.54) is 22.7 Å². The molecule has 1 aromatic carbocycles. The molecule has 2 N–H and O–H groups in total. The van der Waals surface area contributed by atoms with Gasteiger partial charge in [-0.15, -0.1) is 22.7 Å². The van der Waals surface area contributed by atoms with Gasteiger partial charge in [-0.1, -0.05) is 12.1 Å². The minimum atomic E-state index is -0.305. The van der Waals surface area contributed by atoms with Crippen molar-refractivity contribution in [3.05, 3.63) is 62.7 Å². The molecule has 0 aliphatic carbocycles.